The van der Waals surface area contributed by atoms with Gasteiger partial charge in [-0.2, -0.15) is 0 Å². The first kappa shape index (κ1) is 19.6. The highest BCUT2D eigenvalue weighted by molar-refractivity contribution is 9.10. The number of carbonyl (C=O) groups is 1. The molecule has 2 aromatic rings. The Morgan fingerprint density at radius 2 is 1.96 bits per heavy atom. The standard InChI is InChI=1S/C20H21BrN2O3S/c1-3-5-14-17(19(24)25-4-2)18(23-20(27)22-14)16-11-10-15(26-16)12-6-8-13(21)9-7-12/h6-11,18H,3-5H2,1-2H3,(H2,22,23,27)/t18-/m1/s1. The van der Waals surface area contributed by atoms with E-state index in [0.717, 1.165) is 27.9 Å². The second kappa shape index (κ2) is 8.71. The number of hydrogen-bond acceptors (Lipinski definition) is 4. The van der Waals surface area contributed by atoms with Crippen LogP contribution in [0.4, 0.5) is 0 Å². The molecule has 0 saturated heterocycles. The van der Waals surface area contributed by atoms with Crippen molar-refractivity contribution >= 4 is 39.2 Å². The number of carbonyl (C=O) groups excluding carboxylic acids is 1. The fourth-order valence-corrected chi connectivity index (χ4v) is 3.51. The van der Waals surface area contributed by atoms with Gasteiger partial charge in [-0.3, -0.25) is 0 Å². The maximum absolute atomic E-state index is 12.6. The molecule has 27 heavy (non-hydrogen) atoms. The Labute approximate surface area is 172 Å². The van der Waals surface area contributed by atoms with E-state index in [2.05, 4.69) is 33.5 Å². The first-order valence-electron chi connectivity index (χ1n) is 8.86. The lowest BCUT2D eigenvalue weighted by molar-refractivity contribution is -0.139. The predicted molar refractivity (Wildman–Crippen MR) is 112 cm³/mol. The van der Waals surface area contributed by atoms with E-state index in [9.17, 15) is 4.79 Å². The number of benzene rings is 1. The molecule has 142 valence electrons. The molecular weight excluding hydrogens is 428 g/mol. The molecular formula is C20H21BrN2O3S. The third-order valence-corrected chi connectivity index (χ3v) is 4.94. The number of rotatable bonds is 6. The summed E-state index contributed by atoms with van der Waals surface area (Å²) in [6.45, 7) is 4.15. The Morgan fingerprint density at radius 3 is 2.63 bits per heavy atom. The summed E-state index contributed by atoms with van der Waals surface area (Å²) < 4.78 is 12.4. The molecule has 7 heteroatoms. The molecule has 1 aromatic carbocycles. The number of esters is 1. The van der Waals surface area contributed by atoms with Crippen molar-refractivity contribution in [2.24, 2.45) is 0 Å². The fraction of sp³-hybridized carbons (Fsp3) is 0.300. The third kappa shape index (κ3) is 4.42. The van der Waals surface area contributed by atoms with Gasteiger partial charge in [0.2, 0.25) is 0 Å². The summed E-state index contributed by atoms with van der Waals surface area (Å²) in [7, 11) is 0. The fourth-order valence-electron chi connectivity index (χ4n) is 3.01. The van der Waals surface area contributed by atoms with Crippen molar-refractivity contribution in [1.82, 2.24) is 10.6 Å². The summed E-state index contributed by atoms with van der Waals surface area (Å²) in [6, 6.07) is 11.1. The van der Waals surface area contributed by atoms with Crippen LogP contribution in [0.15, 0.2) is 56.6 Å². The van der Waals surface area contributed by atoms with Gasteiger partial charge in [0, 0.05) is 15.7 Å². The van der Waals surface area contributed by atoms with Crippen LogP contribution in [0, 0.1) is 0 Å². The van der Waals surface area contributed by atoms with E-state index in [1.165, 1.54) is 0 Å². The SMILES string of the molecule is CCCC1=C(C(=O)OCC)[C@@H](c2ccc(-c3ccc(Br)cc3)o2)NC(=S)N1. The zero-order valence-corrected chi connectivity index (χ0v) is 17.6. The van der Waals surface area contributed by atoms with Gasteiger partial charge in [0.15, 0.2) is 5.11 Å². The lowest BCUT2D eigenvalue weighted by Crippen LogP contribution is -2.45. The smallest absolute Gasteiger partial charge is 0.338 e. The molecule has 1 aromatic heterocycles. The number of halogens is 1. The first-order chi connectivity index (χ1) is 13.0. The first-order valence-corrected chi connectivity index (χ1v) is 10.1. The predicted octanol–water partition coefficient (Wildman–Crippen LogP) is 4.85. The molecule has 1 aliphatic heterocycles. The van der Waals surface area contributed by atoms with Gasteiger partial charge in [0.05, 0.1) is 12.2 Å². The van der Waals surface area contributed by atoms with Crippen LogP contribution in [-0.4, -0.2) is 17.7 Å². The summed E-state index contributed by atoms with van der Waals surface area (Å²) in [5, 5.41) is 6.72. The molecule has 0 bridgehead atoms. The number of nitrogens with one attached hydrogen (secondary N) is 2. The largest absolute Gasteiger partial charge is 0.463 e. The molecule has 0 spiro atoms. The molecule has 2 N–H and O–H groups in total. The number of ether oxygens (including phenoxy) is 1. The monoisotopic (exact) mass is 448 g/mol. The molecule has 1 aliphatic rings. The Morgan fingerprint density at radius 1 is 1.22 bits per heavy atom. The number of furan rings is 1. The molecule has 2 heterocycles. The van der Waals surface area contributed by atoms with E-state index in [1.54, 1.807) is 6.92 Å². The summed E-state index contributed by atoms with van der Waals surface area (Å²) >= 11 is 8.77. The minimum absolute atomic E-state index is 0.307. The molecule has 0 fully saturated rings. The molecule has 0 radical (unpaired) electrons. The second-order valence-corrected chi connectivity index (χ2v) is 7.43. The van der Waals surface area contributed by atoms with Crippen LogP contribution in [-0.2, 0) is 9.53 Å². The van der Waals surface area contributed by atoms with Gasteiger partial charge in [-0.05, 0) is 49.8 Å². The van der Waals surface area contributed by atoms with E-state index in [1.807, 2.05) is 36.4 Å². The van der Waals surface area contributed by atoms with Gasteiger partial charge >= 0.3 is 5.97 Å². The van der Waals surface area contributed by atoms with Gasteiger partial charge in [-0.15, -0.1) is 0 Å². The third-order valence-electron chi connectivity index (χ3n) is 4.19. The quantitative estimate of drug-likeness (QED) is 0.486. The molecule has 0 amide bonds. The highest BCUT2D eigenvalue weighted by Crippen LogP contribution is 2.33. The minimum Gasteiger partial charge on any atom is -0.463 e. The normalized spacial score (nSPS) is 16.7. The Kier molecular flexibility index (Phi) is 6.34. The summed E-state index contributed by atoms with van der Waals surface area (Å²) in [5.41, 5.74) is 2.26. The maximum atomic E-state index is 12.6. The minimum atomic E-state index is -0.483. The average molecular weight is 449 g/mol. The highest BCUT2D eigenvalue weighted by Gasteiger charge is 2.34. The highest BCUT2D eigenvalue weighted by atomic mass is 79.9. The molecule has 1 atom stereocenters. The Bertz CT molecular complexity index is 874. The average Bonchev–Trinajstić information content (AvgIpc) is 3.12. The zero-order chi connectivity index (χ0) is 19.4. The van der Waals surface area contributed by atoms with Crippen molar-refractivity contribution in [1.29, 1.82) is 0 Å². The van der Waals surface area contributed by atoms with Crippen LogP contribution >= 0.6 is 28.1 Å². The van der Waals surface area contributed by atoms with Crippen LogP contribution in [0.25, 0.3) is 11.3 Å². The van der Waals surface area contributed by atoms with E-state index in [0.29, 0.717) is 29.5 Å². The van der Waals surface area contributed by atoms with Crippen LogP contribution in [0.5, 0.6) is 0 Å². The van der Waals surface area contributed by atoms with Crippen molar-refractivity contribution in [3.05, 3.63) is 57.9 Å². The van der Waals surface area contributed by atoms with E-state index >= 15 is 0 Å². The molecule has 5 nitrogen and oxygen atoms in total. The molecule has 3 rings (SSSR count). The topological polar surface area (TPSA) is 63.5 Å². The number of thiocarbonyl (C=S) groups is 1. The van der Waals surface area contributed by atoms with Crippen molar-refractivity contribution in [2.45, 2.75) is 32.7 Å². The van der Waals surface area contributed by atoms with E-state index in [-0.39, 0.29) is 5.97 Å². The second-order valence-electron chi connectivity index (χ2n) is 6.10. The van der Waals surface area contributed by atoms with Crippen LogP contribution in [0.3, 0.4) is 0 Å². The van der Waals surface area contributed by atoms with Crippen LogP contribution < -0.4 is 10.6 Å². The maximum Gasteiger partial charge on any atom is 0.338 e. The Balaban J connectivity index is 1.99. The van der Waals surface area contributed by atoms with Gasteiger partial charge in [0.1, 0.15) is 17.6 Å². The molecule has 0 saturated carbocycles. The van der Waals surface area contributed by atoms with Gasteiger partial charge < -0.3 is 19.8 Å². The van der Waals surface area contributed by atoms with Gasteiger partial charge in [-0.25, -0.2) is 4.79 Å². The van der Waals surface area contributed by atoms with Crippen LogP contribution in [0.1, 0.15) is 38.5 Å². The van der Waals surface area contributed by atoms with Crippen molar-refractivity contribution < 1.29 is 13.9 Å². The lowest BCUT2D eigenvalue weighted by atomic mass is 9.98. The molecule has 0 aliphatic carbocycles. The number of hydrogen-bond donors (Lipinski definition) is 2. The van der Waals surface area contributed by atoms with Crippen LogP contribution in [0.2, 0.25) is 0 Å². The number of allylic oxidation sites excluding steroid dienone is 1. The van der Waals surface area contributed by atoms with Crippen molar-refractivity contribution in [2.75, 3.05) is 6.61 Å². The lowest BCUT2D eigenvalue weighted by Gasteiger charge is -2.29. The van der Waals surface area contributed by atoms with Gasteiger partial charge in [0.25, 0.3) is 0 Å². The van der Waals surface area contributed by atoms with Gasteiger partial charge in [-0.1, -0.05) is 41.4 Å². The summed E-state index contributed by atoms with van der Waals surface area (Å²) in [4.78, 5) is 12.6. The van der Waals surface area contributed by atoms with Crippen molar-refractivity contribution in [3.8, 4) is 11.3 Å². The van der Waals surface area contributed by atoms with E-state index in [4.69, 9.17) is 21.4 Å². The van der Waals surface area contributed by atoms with E-state index < -0.39 is 6.04 Å². The zero-order valence-electron chi connectivity index (χ0n) is 15.2. The Hall–Kier alpha value is -2.12. The summed E-state index contributed by atoms with van der Waals surface area (Å²) in [5.74, 6) is 0.979. The summed E-state index contributed by atoms with van der Waals surface area (Å²) in [6.07, 6.45) is 1.58. The van der Waals surface area contributed by atoms with Crippen molar-refractivity contribution in [3.63, 3.8) is 0 Å². The molecule has 0 unspecified atom stereocenters.